The van der Waals surface area contributed by atoms with Crippen molar-refractivity contribution in [3.63, 3.8) is 0 Å². The van der Waals surface area contributed by atoms with Gasteiger partial charge in [0.1, 0.15) is 11.5 Å². The van der Waals surface area contributed by atoms with Crippen molar-refractivity contribution in [1.82, 2.24) is 10.5 Å². The number of methoxy groups -OCH3 is 1. The van der Waals surface area contributed by atoms with Gasteiger partial charge in [0, 0.05) is 24.7 Å². The summed E-state index contributed by atoms with van der Waals surface area (Å²) in [5.41, 5.74) is 3.36. The molecule has 2 aromatic rings. The summed E-state index contributed by atoms with van der Waals surface area (Å²) in [6.45, 7) is 1.15. The minimum atomic E-state index is -0.697. The molecule has 0 aliphatic carbocycles. The average molecular weight is 448 g/mol. The van der Waals surface area contributed by atoms with Crippen molar-refractivity contribution in [3.05, 3.63) is 71.9 Å². The number of hydrogen-bond acceptors (Lipinski definition) is 7. The number of nitrogens with zero attached hydrogens (tertiary/aromatic N) is 3. The number of anilines is 1. The molecule has 2 aliphatic rings. The SMILES string of the molecule is COc1ccc(N2NOC(=O)/C2=C\C(=NC(=O)c2ccccc2)C(=O)N2CCCCC2)cc1. The second-order valence-corrected chi connectivity index (χ2v) is 7.56. The maximum atomic E-state index is 13.3. The molecule has 0 atom stereocenters. The molecule has 0 saturated carbocycles. The van der Waals surface area contributed by atoms with Gasteiger partial charge in [-0.2, -0.15) is 0 Å². The highest BCUT2D eigenvalue weighted by molar-refractivity contribution is 6.45. The molecule has 2 heterocycles. The van der Waals surface area contributed by atoms with Crippen LogP contribution in [0.2, 0.25) is 0 Å². The van der Waals surface area contributed by atoms with Crippen molar-refractivity contribution in [2.24, 2.45) is 4.99 Å². The van der Waals surface area contributed by atoms with E-state index in [2.05, 4.69) is 10.6 Å². The minimum Gasteiger partial charge on any atom is -0.497 e. The zero-order chi connectivity index (χ0) is 23.2. The third-order valence-electron chi connectivity index (χ3n) is 5.39. The molecule has 0 bridgehead atoms. The van der Waals surface area contributed by atoms with E-state index in [1.54, 1.807) is 66.6 Å². The first-order valence-corrected chi connectivity index (χ1v) is 10.7. The molecule has 170 valence electrons. The number of benzene rings is 2. The summed E-state index contributed by atoms with van der Waals surface area (Å²) >= 11 is 0. The molecule has 9 heteroatoms. The van der Waals surface area contributed by atoms with Crippen LogP contribution in [0.1, 0.15) is 29.6 Å². The summed E-state index contributed by atoms with van der Waals surface area (Å²) in [5.74, 6) is -1.02. The van der Waals surface area contributed by atoms with E-state index in [4.69, 9.17) is 9.57 Å². The summed E-state index contributed by atoms with van der Waals surface area (Å²) < 4.78 is 5.17. The lowest BCUT2D eigenvalue weighted by molar-refractivity contribution is -0.140. The fraction of sp³-hybridized carbons (Fsp3) is 0.250. The smallest absolute Gasteiger partial charge is 0.376 e. The number of aliphatic imine (C=N–C) groups is 1. The van der Waals surface area contributed by atoms with Gasteiger partial charge in [-0.25, -0.2) is 14.8 Å². The maximum Gasteiger partial charge on any atom is 0.376 e. The van der Waals surface area contributed by atoms with Gasteiger partial charge < -0.3 is 14.5 Å². The summed E-state index contributed by atoms with van der Waals surface area (Å²) in [6, 6.07) is 15.4. The van der Waals surface area contributed by atoms with Crippen LogP contribution in [0.3, 0.4) is 0 Å². The Bertz CT molecular complexity index is 1090. The molecule has 2 aliphatic heterocycles. The Balaban J connectivity index is 1.71. The average Bonchev–Trinajstić information content (AvgIpc) is 3.24. The Morgan fingerprint density at radius 1 is 1.03 bits per heavy atom. The number of carbonyl (C=O) groups excluding carboxylic acids is 3. The monoisotopic (exact) mass is 448 g/mol. The molecule has 2 amide bonds. The van der Waals surface area contributed by atoms with Gasteiger partial charge in [-0.3, -0.25) is 9.59 Å². The number of nitrogens with one attached hydrogen (secondary N) is 1. The Morgan fingerprint density at radius 2 is 1.73 bits per heavy atom. The van der Waals surface area contributed by atoms with Gasteiger partial charge in [0.25, 0.3) is 11.8 Å². The lowest BCUT2D eigenvalue weighted by atomic mass is 10.1. The zero-order valence-corrected chi connectivity index (χ0v) is 18.2. The summed E-state index contributed by atoms with van der Waals surface area (Å²) in [6.07, 6.45) is 4.10. The van der Waals surface area contributed by atoms with Gasteiger partial charge in [-0.1, -0.05) is 23.8 Å². The summed E-state index contributed by atoms with van der Waals surface area (Å²) in [7, 11) is 1.56. The number of likely N-dealkylation sites (tertiary alicyclic amines) is 1. The number of rotatable bonds is 5. The third-order valence-corrected chi connectivity index (χ3v) is 5.39. The van der Waals surface area contributed by atoms with Gasteiger partial charge in [-0.15, -0.1) is 0 Å². The molecule has 0 unspecified atom stereocenters. The Hall–Kier alpha value is -3.98. The van der Waals surface area contributed by atoms with E-state index in [1.807, 2.05) is 0 Å². The van der Waals surface area contributed by atoms with Crippen LogP contribution in [-0.2, 0) is 14.4 Å². The number of ether oxygens (including phenoxy) is 1. The number of carbonyl (C=O) groups is 3. The predicted molar refractivity (Wildman–Crippen MR) is 121 cm³/mol. The maximum absolute atomic E-state index is 13.3. The second kappa shape index (κ2) is 10.1. The van der Waals surface area contributed by atoms with Gasteiger partial charge >= 0.3 is 5.97 Å². The Morgan fingerprint density at radius 3 is 2.39 bits per heavy atom. The van der Waals surface area contributed by atoms with Crippen molar-refractivity contribution in [2.75, 3.05) is 25.2 Å². The van der Waals surface area contributed by atoms with Crippen molar-refractivity contribution < 1.29 is 24.0 Å². The lowest BCUT2D eigenvalue weighted by Crippen LogP contribution is -2.40. The van der Waals surface area contributed by atoms with Gasteiger partial charge in [-0.05, 0) is 55.7 Å². The fourth-order valence-electron chi connectivity index (χ4n) is 3.61. The van der Waals surface area contributed by atoms with E-state index in [1.165, 1.54) is 11.1 Å². The summed E-state index contributed by atoms with van der Waals surface area (Å²) in [4.78, 5) is 49.3. The van der Waals surface area contributed by atoms with E-state index in [0.717, 1.165) is 19.3 Å². The molecule has 2 fully saturated rings. The fourth-order valence-corrected chi connectivity index (χ4v) is 3.61. The topological polar surface area (TPSA) is 101 Å². The summed E-state index contributed by atoms with van der Waals surface area (Å²) in [5, 5.41) is 1.38. The van der Waals surface area contributed by atoms with Crippen LogP contribution in [0.15, 0.2) is 71.4 Å². The highest BCUT2D eigenvalue weighted by atomic mass is 16.7. The van der Waals surface area contributed by atoms with Crippen molar-refractivity contribution in [3.8, 4) is 5.75 Å². The Labute approximate surface area is 191 Å². The van der Waals surface area contributed by atoms with Gasteiger partial charge in [0.05, 0.1) is 12.8 Å². The van der Waals surface area contributed by atoms with E-state index in [-0.39, 0.29) is 11.4 Å². The molecule has 4 rings (SSSR count). The van der Waals surface area contributed by atoms with Crippen LogP contribution < -0.4 is 15.3 Å². The minimum absolute atomic E-state index is 0.0325. The van der Waals surface area contributed by atoms with Crippen LogP contribution in [0.25, 0.3) is 0 Å². The molecule has 9 nitrogen and oxygen atoms in total. The first-order valence-electron chi connectivity index (χ1n) is 10.7. The highest BCUT2D eigenvalue weighted by Crippen LogP contribution is 2.25. The first kappa shape index (κ1) is 22.2. The first-order chi connectivity index (χ1) is 16.1. The molecule has 0 radical (unpaired) electrons. The van der Waals surface area contributed by atoms with Crippen LogP contribution >= 0.6 is 0 Å². The van der Waals surface area contributed by atoms with Crippen LogP contribution in [0, 0.1) is 0 Å². The van der Waals surface area contributed by atoms with E-state index in [0.29, 0.717) is 30.1 Å². The molecule has 33 heavy (non-hydrogen) atoms. The molecule has 0 spiro atoms. The highest BCUT2D eigenvalue weighted by Gasteiger charge is 2.32. The second-order valence-electron chi connectivity index (χ2n) is 7.56. The van der Waals surface area contributed by atoms with E-state index in [9.17, 15) is 14.4 Å². The quantitative estimate of drug-likeness (QED) is 0.554. The van der Waals surface area contributed by atoms with E-state index >= 15 is 0 Å². The molecular weight excluding hydrogens is 424 g/mol. The number of piperidine rings is 1. The molecule has 0 aromatic heterocycles. The third kappa shape index (κ3) is 5.09. The largest absolute Gasteiger partial charge is 0.497 e. The number of hydrazine groups is 1. The predicted octanol–water partition coefficient (Wildman–Crippen LogP) is 2.66. The van der Waals surface area contributed by atoms with Gasteiger partial charge in [0.15, 0.2) is 5.70 Å². The van der Waals surface area contributed by atoms with Gasteiger partial charge in [0.2, 0.25) is 0 Å². The molecule has 1 N–H and O–H groups in total. The normalized spacial score (nSPS) is 17.8. The lowest BCUT2D eigenvalue weighted by Gasteiger charge is -2.26. The van der Waals surface area contributed by atoms with E-state index < -0.39 is 17.8 Å². The zero-order valence-electron chi connectivity index (χ0n) is 18.2. The Kier molecular flexibility index (Phi) is 6.80. The van der Waals surface area contributed by atoms with Crippen LogP contribution in [0.5, 0.6) is 5.75 Å². The molecular formula is C24H24N4O5. The van der Waals surface area contributed by atoms with Crippen LogP contribution in [0.4, 0.5) is 5.69 Å². The number of amides is 2. The standard InChI is InChI=1S/C24H24N4O5/c1-32-19-12-10-18(11-13-19)28-21(24(31)33-26-28)16-20(23(30)27-14-6-3-7-15-27)25-22(29)17-8-4-2-5-9-17/h2,4-5,8-13,16,26H,3,6-7,14-15H2,1H3/b21-16+,25-20?. The van der Waals surface area contributed by atoms with Crippen molar-refractivity contribution in [1.29, 1.82) is 0 Å². The number of hydrogen-bond donors (Lipinski definition) is 1. The van der Waals surface area contributed by atoms with Crippen LogP contribution in [-0.4, -0.2) is 48.6 Å². The molecule has 2 aromatic carbocycles. The van der Waals surface area contributed by atoms with Crippen molar-refractivity contribution >= 4 is 29.2 Å². The van der Waals surface area contributed by atoms with Crippen molar-refractivity contribution in [2.45, 2.75) is 19.3 Å². The molecule has 2 saturated heterocycles.